The number of rotatable bonds is 3. The van der Waals surface area contributed by atoms with Gasteiger partial charge in [-0.15, -0.1) is 0 Å². The van der Waals surface area contributed by atoms with Gasteiger partial charge in [0.1, 0.15) is 23.2 Å². The molecule has 1 aromatic carbocycles. The molecule has 1 aliphatic rings. The summed E-state index contributed by atoms with van der Waals surface area (Å²) in [5.74, 6) is 0.944. The number of hydrogen-bond acceptors (Lipinski definition) is 4. The minimum atomic E-state index is -0.185. The van der Waals surface area contributed by atoms with Crippen molar-refractivity contribution in [2.24, 2.45) is 0 Å². The fourth-order valence-corrected chi connectivity index (χ4v) is 2.38. The highest BCUT2D eigenvalue weighted by Crippen LogP contribution is 2.32. The molecule has 0 saturated carbocycles. The smallest absolute Gasteiger partial charge is 0.158 e. The van der Waals surface area contributed by atoms with E-state index in [1.165, 1.54) is 0 Å². The Morgan fingerprint density at radius 2 is 2.26 bits per heavy atom. The molecule has 0 radical (unpaired) electrons. The minimum Gasteiger partial charge on any atom is -0.507 e. The van der Waals surface area contributed by atoms with Gasteiger partial charge in [0.05, 0.1) is 5.39 Å². The second kappa shape index (κ2) is 5.23. The number of benzene rings is 1. The van der Waals surface area contributed by atoms with E-state index in [2.05, 4.69) is 0 Å². The van der Waals surface area contributed by atoms with Gasteiger partial charge in [-0.2, -0.15) is 0 Å². The fraction of sp³-hybridized carbons (Fsp3) is 0.467. The third-order valence-electron chi connectivity index (χ3n) is 3.45. The van der Waals surface area contributed by atoms with Gasteiger partial charge in [0.2, 0.25) is 0 Å². The zero-order chi connectivity index (χ0) is 13.2. The molecule has 2 unspecified atom stereocenters. The SMILES string of the molecule is CC(OC1CCCCO1)c1cc2c(O)cccc2o1. The molecular formula is C15H18O4. The first kappa shape index (κ1) is 12.5. The molecule has 2 atom stereocenters. The molecule has 0 bridgehead atoms. The first-order valence-electron chi connectivity index (χ1n) is 6.72. The molecule has 102 valence electrons. The van der Waals surface area contributed by atoms with E-state index in [1.807, 2.05) is 19.1 Å². The lowest BCUT2D eigenvalue weighted by Crippen LogP contribution is -2.23. The van der Waals surface area contributed by atoms with Crippen LogP contribution >= 0.6 is 0 Å². The van der Waals surface area contributed by atoms with Crippen LogP contribution in [0.4, 0.5) is 0 Å². The highest BCUT2D eigenvalue weighted by Gasteiger charge is 2.21. The Labute approximate surface area is 111 Å². The number of fused-ring (bicyclic) bond motifs is 1. The summed E-state index contributed by atoms with van der Waals surface area (Å²) >= 11 is 0. The van der Waals surface area contributed by atoms with Gasteiger partial charge in [-0.25, -0.2) is 0 Å². The van der Waals surface area contributed by atoms with Crippen molar-refractivity contribution in [3.05, 3.63) is 30.0 Å². The van der Waals surface area contributed by atoms with Gasteiger partial charge in [-0.05, 0) is 44.4 Å². The molecule has 2 heterocycles. The van der Waals surface area contributed by atoms with Gasteiger partial charge in [0.15, 0.2) is 6.29 Å². The normalized spacial score (nSPS) is 21.6. The Morgan fingerprint density at radius 3 is 3.00 bits per heavy atom. The Morgan fingerprint density at radius 1 is 1.37 bits per heavy atom. The van der Waals surface area contributed by atoms with Gasteiger partial charge >= 0.3 is 0 Å². The van der Waals surface area contributed by atoms with Crippen LogP contribution in [0, 0.1) is 0 Å². The molecule has 1 fully saturated rings. The number of aromatic hydroxyl groups is 1. The topological polar surface area (TPSA) is 51.8 Å². The Hall–Kier alpha value is -1.52. The van der Waals surface area contributed by atoms with Crippen molar-refractivity contribution in [3.63, 3.8) is 0 Å². The Bertz CT molecular complexity index is 554. The van der Waals surface area contributed by atoms with E-state index in [4.69, 9.17) is 13.9 Å². The monoisotopic (exact) mass is 262 g/mol. The van der Waals surface area contributed by atoms with Crippen LogP contribution in [-0.2, 0) is 9.47 Å². The van der Waals surface area contributed by atoms with Crippen molar-refractivity contribution in [2.45, 2.75) is 38.6 Å². The predicted octanol–water partition coefficient (Wildman–Crippen LogP) is 3.74. The summed E-state index contributed by atoms with van der Waals surface area (Å²) in [5, 5.41) is 10.5. The van der Waals surface area contributed by atoms with Gasteiger partial charge < -0.3 is 19.0 Å². The Kier molecular flexibility index (Phi) is 3.44. The van der Waals surface area contributed by atoms with E-state index in [0.717, 1.165) is 31.3 Å². The maximum atomic E-state index is 9.76. The number of hydrogen-bond donors (Lipinski definition) is 1. The van der Waals surface area contributed by atoms with Crippen molar-refractivity contribution < 1.29 is 19.0 Å². The zero-order valence-electron chi connectivity index (χ0n) is 11.0. The van der Waals surface area contributed by atoms with Gasteiger partial charge in [-0.3, -0.25) is 0 Å². The fourth-order valence-electron chi connectivity index (χ4n) is 2.38. The predicted molar refractivity (Wildman–Crippen MR) is 71.0 cm³/mol. The van der Waals surface area contributed by atoms with Crippen LogP contribution in [0.25, 0.3) is 11.0 Å². The van der Waals surface area contributed by atoms with Crippen LogP contribution in [0.5, 0.6) is 5.75 Å². The number of phenolic OH excluding ortho intramolecular Hbond substituents is 1. The first-order chi connectivity index (χ1) is 9.24. The van der Waals surface area contributed by atoms with Gasteiger partial charge in [-0.1, -0.05) is 6.07 Å². The van der Waals surface area contributed by atoms with Crippen LogP contribution in [0.1, 0.15) is 38.1 Å². The second-order valence-corrected chi connectivity index (χ2v) is 4.91. The maximum Gasteiger partial charge on any atom is 0.158 e. The van der Waals surface area contributed by atoms with Gasteiger partial charge in [0, 0.05) is 6.61 Å². The van der Waals surface area contributed by atoms with E-state index >= 15 is 0 Å². The number of ether oxygens (including phenoxy) is 2. The van der Waals surface area contributed by atoms with Crippen molar-refractivity contribution in [3.8, 4) is 5.75 Å². The van der Waals surface area contributed by atoms with Crippen molar-refractivity contribution in [1.82, 2.24) is 0 Å². The highest BCUT2D eigenvalue weighted by molar-refractivity contribution is 5.84. The van der Waals surface area contributed by atoms with Crippen molar-refractivity contribution in [1.29, 1.82) is 0 Å². The minimum absolute atomic E-state index is 0.148. The lowest BCUT2D eigenvalue weighted by molar-refractivity contribution is -0.189. The molecule has 1 N–H and O–H groups in total. The van der Waals surface area contributed by atoms with E-state index in [1.54, 1.807) is 12.1 Å². The van der Waals surface area contributed by atoms with Crippen molar-refractivity contribution >= 4 is 11.0 Å². The van der Waals surface area contributed by atoms with Gasteiger partial charge in [0.25, 0.3) is 0 Å². The van der Waals surface area contributed by atoms with Crippen LogP contribution in [0.3, 0.4) is 0 Å². The number of furan rings is 1. The third kappa shape index (κ3) is 2.60. The molecular weight excluding hydrogens is 244 g/mol. The average molecular weight is 262 g/mol. The van der Waals surface area contributed by atoms with Crippen LogP contribution in [0.15, 0.2) is 28.7 Å². The second-order valence-electron chi connectivity index (χ2n) is 4.91. The molecule has 0 amide bonds. The molecule has 2 aromatic rings. The summed E-state index contributed by atoms with van der Waals surface area (Å²) in [5.41, 5.74) is 0.676. The average Bonchev–Trinajstić information content (AvgIpc) is 2.85. The summed E-state index contributed by atoms with van der Waals surface area (Å²) in [6.45, 7) is 2.70. The van der Waals surface area contributed by atoms with Crippen molar-refractivity contribution in [2.75, 3.05) is 6.61 Å². The van der Waals surface area contributed by atoms with Crippen LogP contribution in [0.2, 0.25) is 0 Å². The standard InChI is InChI=1S/C15H18O4/c1-10(18-15-7-2-3-8-17-15)14-9-11-12(16)5-4-6-13(11)19-14/h4-6,9-10,15-16H,2-3,7-8H2,1H3. The lowest BCUT2D eigenvalue weighted by Gasteiger charge is -2.25. The Balaban J connectivity index is 1.77. The molecule has 1 aromatic heterocycles. The summed E-state index contributed by atoms with van der Waals surface area (Å²) in [6.07, 6.45) is 2.83. The molecule has 4 nitrogen and oxygen atoms in total. The first-order valence-corrected chi connectivity index (χ1v) is 6.72. The number of phenols is 1. The highest BCUT2D eigenvalue weighted by atomic mass is 16.7. The molecule has 0 aliphatic carbocycles. The van der Waals surface area contributed by atoms with E-state index in [-0.39, 0.29) is 18.1 Å². The summed E-state index contributed by atoms with van der Waals surface area (Å²) in [7, 11) is 0. The van der Waals surface area contributed by atoms with E-state index in [9.17, 15) is 5.11 Å². The molecule has 3 rings (SSSR count). The summed E-state index contributed by atoms with van der Waals surface area (Å²) in [6, 6.07) is 7.08. The molecule has 4 heteroatoms. The quantitative estimate of drug-likeness (QED) is 0.915. The van der Waals surface area contributed by atoms with Crippen LogP contribution < -0.4 is 0 Å². The van der Waals surface area contributed by atoms with E-state index in [0.29, 0.717) is 11.3 Å². The third-order valence-corrected chi connectivity index (χ3v) is 3.45. The largest absolute Gasteiger partial charge is 0.507 e. The molecule has 0 spiro atoms. The maximum absolute atomic E-state index is 9.76. The van der Waals surface area contributed by atoms with E-state index < -0.39 is 0 Å². The zero-order valence-corrected chi connectivity index (χ0v) is 11.0. The van der Waals surface area contributed by atoms with Crippen LogP contribution in [-0.4, -0.2) is 18.0 Å². The summed E-state index contributed by atoms with van der Waals surface area (Å²) < 4.78 is 17.1. The molecule has 19 heavy (non-hydrogen) atoms. The lowest BCUT2D eigenvalue weighted by atomic mass is 10.2. The summed E-state index contributed by atoms with van der Waals surface area (Å²) in [4.78, 5) is 0. The molecule has 1 saturated heterocycles. The molecule has 1 aliphatic heterocycles.